The maximum atomic E-state index is 11.7. The van der Waals surface area contributed by atoms with Crippen LogP contribution >= 0.6 is 35.1 Å². The van der Waals surface area contributed by atoms with E-state index in [-0.39, 0.29) is 33.4 Å². The van der Waals surface area contributed by atoms with Gasteiger partial charge in [-0.25, -0.2) is 0 Å². The third-order valence-electron chi connectivity index (χ3n) is 8.83. The molecule has 292 valence electrons. The van der Waals surface area contributed by atoms with Crippen LogP contribution in [0.2, 0.25) is 0 Å². The molecule has 4 aliphatic rings. The fourth-order valence-electron chi connectivity index (χ4n) is 5.99. The van der Waals surface area contributed by atoms with Crippen molar-refractivity contribution in [2.24, 2.45) is 0 Å². The van der Waals surface area contributed by atoms with E-state index in [2.05, 4.69) is 63.8 Å². The van der Waals surface area contributed by atoms with Gasteiger partial charge in [0.15, 0.2) is 0 Å². The van der Waals surface area contributed by atoms with Gasteiger partial charge in [-0.1, -0.05) is 57.2 Å². The Balaban J connectivity index is 0.000000230. The fraction of sp³-hybridized carbons (Fsp3) is 0.436. The molecule has 4 saturated heterocycles. The second-order valence-electron chi connectivity index (χ2n) is 12.5. The number of amides is 5. The molecule has 5 amide bonds. The van der Waals surface area contributed by atoms with Gasteiger partial charge in [-0.3, -0.25) is 39.4 Å². The van der Waals surface area contributed by atoms with E-state index in [1.54, 1.807) is 13.0 Å². The molecule has 54 heavy (non-hydrogen) atoms. The van der Waals surface area contributed by atoms with Crippen molar-refractivity contribution in [1.29, 1.82) is 0 Å². The second-order valence-corrected chi connectivity index (χ2v) is 15.0. The number of carbonyl (C=O) groups excluding carboxylic acids is 6. The van der Waals surface area contributed by atoms with E-state index in [1.807, 2.05) is 53.4 Å². The molecular formula is C39H51ClN6O6S2. The summed E-state index contributed by atoms with van der Waals surface area (Å²) >= 11 is 6.52. The first-order chi connectivity index (χ1) is 25.9. The van der Waals surface area contributed by atoms with Crippen molar-refractivity contribution < 1.29 is 28.8 Å². The first-order valence-corrected chi connectivity index (χ1v) is 20.2. The molecular weight excluding hydrogens is 748 g/mol. The van der Waals surface area contributed by atoms with Crippen LogP contribution in [0.4, 0.5) is 21.0 Å². The topological polar surface area (TPSA) is 139 Å². The van der Waals surface area contributed by atoms with E-state index < -0.39 is 0 Å². The number of piperazine rings is 1. The minimum absolute atomic E-state index is 0.0950. The molecule has 0 aromatic heterocycles. The summed E-state index contributed by atoms with van der Waals surface area (Å²) in [6.07, 6.45) is 7.26. The number of carbonyl (C=O) groups is 6. The molecule has 4 aliphatic heterocycles. The average Bonchev–Trinajstić information content (AvgIpc) is 3.66. The Morgan fingerprint density at radius 1 is 0.667 bits per heavy atom. The van der Waals surface area contributed by atoms with E-state index in [0.29, 0.717) is 22.9 Å². The molecule has 0 unspecified atom stereocenters. The number of thioether (sulfide) groups is 2. The number of para-hydroxylation sites is 2. The molecule has 12 nitrogen and oxygen atoms in total. The largest absolute Gasteiger partial charge is 0.371 e. The molecule has 0 saturated carbocycles. The van der Waals surface area contributed by atoms with Gasteiger partial charge in [0.05, 0.1) is 9.81 Å². The lowest BCUT2D eigenvalue weighted by molar-refractivity contribution is -0.129. The van der Waals surface area contributed by atoms with Crippen LogP contribution < -0.4 is 20.4 Å². The van der Waals surface area contributed by atoms with Gasteiger partial charge in [0.1, 0.15) is 0 Å². The summed E-state index contributed by atoms with van der Waals surface area (Å²) in [6.45, 7) is 18.0. The van der Waals surface area contributed by atoms with E-state index in [9.17, 15) is 28.8 Å². The van der Waals surface area contributed by atoms with Gasteiger partial charge in [0.2, 0.25) is 11.1 Å². The van der Waals surface area contributed by atoms with E-state index >= 15 is 0 Å². The molecule has 15 heteroatoms. The van der Waals surface area contributed by atoms with Crippen LogP contribution in [-0.2, 0) is 19.2 Å². The number of rotatable bonds is 7. The van der Waals surface area contributed by atoms with E-state index in [1.165, 1.54) is 45.8 Å². The van der Waals surface area contributed by atoms with E-state index in [0.717, 1.165) is 72.2 Å². The van der Waals surface area contributed by atoms with Crippen LogP contribution in [0.25, 0.3) is 12.2 Å². The Hall–Kier alpha value is -4.11. The summed E-state index contributed by atoms with van der Waals surface area (Å²) in [7, 11) is 0. The van der Waals surface area contributed by atoms with Gasteiger partial charge in [-0.05, 0) is 109 Å². The molecule has 0 aliphatic carbocycles. The van der Waals surface area contributed by atoms with Gasteiger partial charge < -0.3 is 19.6 Å². The lowest BCUT2D eigenvalue weighted by Crippen LogP contribution is -2.48. The number of hydrogen-bond acceptors (Lipinski definition) is 11. The molecule has 4 fully saturated rings. The number of nitrogens with one attached hydrogen (secondary N) is 2. The fourth-order valence-corrected chi connectivity index (χ4v) is 7.33. The Labute approximate surface area is 332 Å². The normalized spacial score (nSPS) is 18.3. The van der Waals surface area contributed by atoms with Gasteiger partial charge in [0, 0.05) is 64.5 Å². The Bertz CT molecular complexity index is 1690. The zero-order chi connectivity index (χ0) is 39.6. The summed E-state index contributed by atoms with van der Waals surface area (Å²) in [5, 5.41) is 3.56. The maximum Gasteiger partial charge on any atom is 0.290 e. The molecule has 4 heterocycles. The first kappa shape index (κ1) is 44.3. The molecule has 6 rings (SSSR count). The number of benzene rings is 2. The Kier molecular flexibility index (Phi) is 18.8. The molecule has 0 bridgehead atoms. The molecule has 2 N–H and O–H groups in total. The Morgan fingerprint density at radius 3 is 1.39 bits per heavy atom. The number of nitrogens with zero attached hydrogens (tertiary/aromatic N) is 4. The van der Waals surface area contributed by atoms with Crippen LogP contribution in [0, 0.1) is 0 Å². The number of halogens is 1. The average molecular weight is 799 g/mol. The standard InChI is InChI=1S/C16H17N3O3S.C15H16N2O2S.C6H15N.C2H3ClO/c1-11(20)18-6-8-19(9-7-18)13-5-3-2-4-12(13)10-14-15(21)17-16(22)23-14;18-14-13(20-15(19)16-14)10-11-6-2-3-7-12(11)17-8-4-1-5-9-17;1-4-7(5-2)6-3;1-2(3)4/h2-5,10H,6-9H2,1H3,(H,17,21,22);2-3,6-7,10H,1,4-5,8-9H2,(H,16,18,19);4-6H2,1-3H3;1H3/b14-10-;13-10-;;. The SMILES string of the molecule is CC(=O)Cl.CC(=O)N1CCN(c2ccccc2/C=C2\SC(=O)NC2=O)CC1.CCN(CC)CC.O=C1NC(=O)/C(=C/c2ccccc2N2CCCCC2)S1. The summed E-state index contributed by atoms with van der Waals surface area (Å²) in [5.74, 6) is -0.553. The van der Waals surface area contributed by atoms with Crippen molar-refractivity contribution >= 4 is 92.1 Å². The van der Waals surface area contributed by atoms with Gasteiger partial charge >= 0.3 is 0 Å². The van der Waals surface area contributed by atoms with Crippen molar-refractivity contribution in [3.63, 3.8) is 0 Å². The first-order valence-electron chi connectivity index (χ1n) is 18.2. The highest BCUT2D eigenvalue weighted by Gasteiger charge is 2.27. The molecule has 2 aromatic carbocycles. The van der Waals surface area contributed by atoms with Crippen molar-refractivity contribution in [3.05, 3.63) is 69.5 Å². The van der Waals surface area contributed by atoms with Crippen LogP contribution in [0.1, 0.15) is 65.0 Å². The minimum atomic E-state index is -0.361. The number of piperidine rings is 1. The molecule has 0 spiro atoms. The summed E-state index contributed by atoms with van der Waals surface area (Å²) in [6, 6.07) is 15.8. The van der Waals surface area contributed by atoms with Gasteiger partial charge in [-0.2, -0.15) is 0 Å². The predicted molar refractivity (Wildman–Crippen MR) is 222 cm³/mol. The second kappa shape index (κ2) is 23.0. The highest BCUT2D eigenvalue weighted by molar-refractivity contribution is 8.18. The molecule has 2 aromatic rings. The van der Waals surface area contributed by atoms with Crippen molar-refractivity contribution in [2.45, 2.75) is 53.9 Å². The number of imide groups is 2. The van der Waals surface area contributed by atoms with Crippen molar-refractivity contribution in [1.82, 2.24) is 20.4 Å². The summed E-state index contributed by atoms with van der Waals surface area (Å²) < 4.78 is 0. The highest BCUT2D eigenvalue weighted by atomic mass is 35.5. The third-order valence-corrected chi connectivity index (χ3v) is 10.5. The predicted octanol–water partition coefficient (Wildman–Crippen LogP) is 6.80. The monoisotopic (exact) mass is 798 g/mol. The van der Waals surface area contributed by atoms with Crippen LogP contribution in [0.15, 0.2) is 58.3 Å². The molecule has 0 radical (unpaired) electrons. The summed E-state index contributed by atoms with van der Waals surface area (Å²) in [4.78, 5) is 76.1. The minimum Gasteiger partial charge on any atom is -0.371 e. The van der Waals surface area contributed by atoms with Crippen LogP contribution in [-0.4, -0.2) is 102 Å². The lowest BCUT2D eigenvalue weighted by atomic mass is 10.1. The molecule has 0 atom stereocenters. The number of hydrogen-bond donors (Lipinski definition) is 2. The number of anilines is 2. The van der Waals surface area contributed by atoms with Crippen molar-refractivity contribution in [2.75, 3.05) is 68.7 Å². The quantitative estimate of drug-likeness (QED) is 0.226. The maximum absolute atomic E-state index is 11.7. The third kappa shape index (κ3) is 14.3. The van der Waals surface area contributed by atoms with Crippen LogP contribution in [0.5, 0.6) is 0 Å². The highest BCUT2D eigenvalue weighted by Crippen LogP contribution is 2.32. The van der Waals surface area contributed by atoms with Gasteiger partial charge in [0.25, 0.3) is 22.3 Å². The zero-order valence-electron chi connectivity index (χ0n) is 31.7. The smallest absolute Gasteiger partial charge is 0.290 e. The van der Waals surface area contributed by atoms with Gasteiger partial charge in [-0.15, -0.1) is 0 Å². The zero-order valence-corrected chi connectivity index (χ0v) is 34.1. The lowest BCUT2D eigenvalue weighted by Gasteiger charge is -2.36. The van der Waals surface area contributed by atoms with Crippen LogP contribution in [0.3, 0.4) is 0 Å². The summed E-state index contributed by atoms with van der Waals surface area (Å²) in [5.41, 5.74) is 4.06. The van der Waals surface area contributed by atoms with Crippen molar-refractivity contribution in [3.8, 4) is 0 Å². The Morgan fingerprint density at radius 2 is 1.06 bits per heavy atom. The van der Waals surface area contributed by atoms with E-state index in [4.69, 9.17) is 0 Å².